The first-order chi connectivity index (χ1) is 15.5. The van der Waals surface area contributed by atoms with E-state index in [1.54, 1.807) is 12.1 Å². The number of carbonyl (C=O) groups is 1. The lowest BCUT2D eigenvalue weighted by Crippen LogP contribution is -2.16. The number of nitrogens with zero attached hydrogens (tertiary/aromatic N) is 2. The van der Waals surface area contributed by atoms with Gasteiger partial charge in [-0.1, -0.05) is 42.0 Å². The summed E-state index contributed by atoms with van der Waals surface area (Å²) in [5.74, 6) is 1.39. The summed E-state index contributed by atoms with van der Waals surface area (Å²) in [6, 6.07) is 19.7. The van der Waals surface area contributed by atoms with Crippen LogP contribution in [0.5, 0.6) is 0 Å². The standard InChI is InChI=1S/C26H24N4O2/c1-16-10-12-19(13-11-16)15-30-18(3)17(2)23(24-27-20-7-4-5-8-21(20)28-24)25(30)29-26(31)22-9-6-14-32-22/h4-14H,15H2,1-3H3,(H,27,28)(H,29,31). The maximum Gasteiger partial charge on any atom is 0.292 e. The highest BCUT2D eigenvalue weighted by atomic mass is 16.3. The third-order valence-corrected chi connectivity index (χ3v) is 5.89. The van der Waals surface area contributed by atoms with Crippen LogP contribution in [0, 0.1) is 20.8 Å². The minimum atomic E-state index is -0.296. The first kappa shape index (κ1) is 19.9. The predicted octanol–water partition coefficient (Wildman–Crippen LogP) is 5.85. The summed E-state index contributed by atoms with van der Waals surface area (Å²) in [6.45, 7) is 6.83. The SMILES string of the molecule is Cc1ccc(Cn2c(C)c(C)c(-c3nc4ccccc4[nH]3)c2NC(=O)c2ccco2)cc1. The second-order valence-electron chi connectivity index (χ2n) is 8.04. The fraction of sp³-hybridized carbons (Fsp3) is 0.154. The summed E-state index contributed by atoms with van der Waals surface area (Å²) in [6.07, 6.45) is 1.50. The number of aryl methyl sites for hydroxylation is 1. The van der Waals surface area contributed by atoms with E-state index in [9.17, 15) is 4.79 Å². The normalized spacial score (nSPS) is 11.2. The Kier molecular flexibility index (Phi) is 4.90. The number of carbonyl (C=O) groups excluding carboxylic acids is 1. The van der Waals surface area contributed by atoms with Crippen molar-refractivity contribution >= 4 is 22.8 Å². The minimum Gasteiger partial charge on any atom is -0.459 e. The molecule has 0 radical (unpaired) electrons. The van der Waals surface area contributed by atoms with E-state index in [1.807, 2.05) is 24.3 Å². The van der Waals surface area contributed by atoms with E-state index in [0.717, 1.165) is 39.2 Å². The fourth-order valence-corrected chi connectivity index (χ4v) is 4.01. The average molecular weight is 425 g/mol. The summed E-state index contributed by atoms with van der Waals surface area (Å²) in [5, 5.41) is 3.09. The molecule has 0 atom stereocenters. The van der Waals surface area contributed by atoms with Gasteiger partial charge in [0, 0.05) is 12.2 Å². The Hall–Kier alpha value is -4.06. The van der Waals surface area contributed by atoms with Gasteiger partial charge >= 0.3 is 0 Å². The number of benzene rings is 2. The molecule has 5 aromatic rings. The van der Waals surface area contributed by atoms with E-state index in [2.05, 4.69) is 59.9 Å². The molecule has 0 aliphatic rings. The molecule has 32 heavy (non-hydrogen) atoms. The molecule has 0 saturated carbocycles. The number of anilines is 1. The maximum absolute atomic E-state index is 13.0. The fourth-order valence-electron chi connectivity index (χ4n) is 4.01. The van der Waals surface area contributed by atoms with E-state index in [0.29, 0.717) is 12.4 Å². The Bertz CT molecular complexity index is 1370. The highest BCUT2D eigenvalue weighted by Gasteiger charge is 2.24. The molecule has 0 spiro atoms. The van der Waals surface area contributed by atoms with Gasteiger partial charge in [-0.15, -0.1) is 0 Å². The van der Waals surface area contributed by atoms with Gasteiger partial charge in [0.1, 0.15) is 11.6 Å². The van der Waals surface area contributed by atoms with Crippen molar-refractivity contribution in [1.29, 1.82) is 0 Å². The van der Waals surface area contributed by atoms with Crippen molar-refractivity contribution in [3.05, 3.63) is 95.1 Å². The molecule has 6 nitrogen and oxygen atoms in total. The van der Waals surface area contributed by atoms with Gasteiger partial charge in [0.25, 0.3) is 5.91 Å². The molecule has 0 aliphatic carbocycles. The largest absolute Gasteiger partial charge is 0.459 e. The second-order valence-corrected chi connectivity index (χ2v) is 8.04. The lowest BCUT2D eigenvalue weighted by atomic mass is 10.1. The summed E-state index contributed by atoms with van der Waals surface area (Å²) in [5.41, 5.74) is 7.21. The first-order valence-corrected chi connectivity index (χ1v) is 10.6. The van der Waals surface area contributed by atoms with Crippen LogP contribution in [0.3, 0.4) is 0 Å². The van der Waals surface area contributed by atoms with E-state index < -0.39 is 0 Å². The molecule has 2 N–H and O–H groups in total. The monoisotopic (exact) mass is 424 g/mol. The summed E-state index contributed by atoms with van der Waals surface area (Å²) < 4.78 is 7.45. The van der Waals surface area contributed by atoms with Gasteiger partial charge in [0.15, 0.2) is 5.76 Å². The molecule has 6 heteroatoms. The number of aromatic amines is 1. The van der Waals surface area contributed by atoms with Crippen molar-refractivity contribution in [3.63, 3.8) is 0 Å². The van der Waals surface area contributed by atoms with Crippen molar-refractivity contribution in [2.45, 2.75) is 27.3 Å². The number of H-pyrrole nitrogens is 1. The molecule has 5 rings (SSSR count). The minimum absolute atomic E-state index is 0.263. The van der Waals surface area contributed by atoms with Gasteiger partial charge in [-0.05, 0) is 56.2 Å². The van der Waals surface area contributed by atoms with Crippen molar-refractivity contribution in [1.82, 2.24) is 14.5 Å². The van der Waals surface area contributed by atoms with Crippen LogP contribution in [0.25, 0.3) is 22.4 Å². The third kappa shape index (κ3) is 3.50. The number of nitrogens with one attached hydrogen (secondary N) is 2. The molecule has 2 aromatic carbocycles. The van der Waals surface area contributed by atoms with Crippen LogP contribution in [0.1, 0.15) is 32.9 Å². The van der Waals surface area contributed by atoms with Crippen LogP contribution in [0.15, 0.2) is 71.3 Å². The van der Waals surface area contributed by atoms with Gasteiger partial charge in [-0.25, -0.2) is 4.98 Å². The Morgan fingerprint density at radius 1 is 1.03 bits per heavy atom. The quantitative estimate of drug-likeness (QED) is 0.372. The van der Waals surface area contributed by atoms with Crippen LogP contribution < -0.4 is 5.32 Å². The number of amides is 1. The molecule has 0 fully saturated rings. The zero-order valence-electron chi connectivity index (χ0n) is 18.3. The number of fused-ring (bicyclic) bond motifs is 1. The zero-order chi connectivity index (χ0) is 22.2. The van der Waals surface area contributed by atoms with Crippen LogP contribution in [-0.4, -0.2) is 20.4 Å². The number of aromatic nitrogens is 3. The topological polar surface area (TPSA) is 75.8 Å². The molecule has 0 unspecified atom stereocenters. The highest BCUT2D eigenvalue weighted by molar-refractivity contribution is 6.04. The Morgan fingerprint density at radius 2 is 1.81 bits per heavy atom. The van der Waals surface area contributed by atoms with Crippen molar-refractivity contribution < 1.29 is 9.21 Å². The highest BCUT2D eigenvalue weighted by Crippen LogP contribution is 2.36. The second kappa shape index (κ2) is 7.89. The molecule has 3 heterocycles. The smallest absolute Gasteiger partial charge is 0.292 e. The van der Waals surface area contributed by atoms with Crippen molar-refractivity contribution in [2.24, 2.45) is 0 Å². The zero-order valence-corrected chi connectivity index (χ0v) is 18.3. The molecular formula is C26H24N4O2. The number of hydrogen-bond acceptors (Lipinski definition) is 3. The number of hydrogen-bond donors (Lipinski definition) is 2. The average Bonchev–Trinajstić information content (AvgIpc) is 3.51. The molecule has 0 aliphatic heterocycles. The molecule has 0 saturated heterocycles. The van der Waals surface area contributed by atoms with E-state index in [-0.39, 0.29) is 11.7 Å². The number of furan rings is 1. The number of rotatable bonds is 5. The summed E-state index contributed by atoms with van der Waals surface area (Å²) in [4.78, 5) is 21.2. The van der Waals surface area contributed by atoms with Gasteiger partial charge in [0.2, 0.25) is 0 Å². The van der Waals surface area contributed by atoms with E-state index >= 15 is 0 Å². The number of imidazole rings is 1. The number of para-hydroxylation sites is 2. The van der Waals surface area contributed by atoms with Crippen LogP contribution in [0.4, 0.5) is 5.82 Å². The van der Waals surface area contributed by atoms with Crippen LogP contribution >= 0.6 is 0 Å². The Balaban J connectivity index is 1.66. The van der Waals surface area contributed by atoms with Crippen LogP contribution in [-0.2, 0) is 6.54 Å². The molecular weight excluding hydrogens is 400 g/mol. The third-order valence-electron chi connectivity index (χ3n) is 5.89. The summed E-state index contributed by atoms with van der Waals surface area (Å²) >= 11 is 0. The van der Waals surface area contributed by atoms with Crippen LogP contribution in [0.2, 0.25) is 0 Å². The first-order valence-electron chi connectivity index (χ1n) is 10.6. The van der Waals surface area contributed by atoms with Gasteiger partial charge < -0.3 is 19.3 Å². The van der Waals surface area contributed by atoms with Gasteiger partial charge in [-0.2, -0.15) is 0 Å². The van der Waals surface area contributed by atoms with Gasteiger partial charge in [-0.3, -0.25) is 4.79 Å². The lowest BCUT2D eigenvalue weighted by Gasteiger charge is -2.14. The van der Waals surface area contributed by atoms with Gasteiger partial charge in [0.05, 0.1) is 22.9 Å². The molecule has 3 aromatic heterocycles. The predicted molar refractivity (Wildman–Crippen MR) is 126 cm³/mol. The Morgan fingerprint density at radius 3 is 2.53 bits per heavy atom. The molecule has 160 valence electrons. The van der Waals surface area contributed by atoms with E-state index in [1.165, 1.54) is 11.8 Å². The maximum atomic E-state index is 13.0. The van der Waals surface area contributed by atoms with Crippen molar-refractivity contribution in [3.8, 4) is 11.4 Å². The van der Waals surface area contributed by atoms with Crippen molar-refractivity contribution in [2.75, 3.05) is 5.32 Å². The van der Waals surface area contributed by atoms with E-state index in [4.69, 9.17) is 9.40 Å². The Labute approximate surface area is 185 Å². The molecule has 0 bridgehead atoms. The lowest BCUT2D eigenvalue weighted by molar-refractivity contribution is 0.0996. The summed E-state index contributed by atoms with van der Waals surface area (Å²) in [7, 11) is 0. The molecule has 1 amide bonds.